The molecule has 0 bridgehead atoms. The molecule has 0 saturated heterocycles. The molecule has 23 heavy (non-hydrogen) atoms. The lowest BCUT2D eigenvalue weighted by molar-refractivity contribution is -0.144. The first-order valence-electron chi connectivity index (χ1n) is 6.47. The van der Waals surface area contributed by atoms with E-state index >= 15 is 0 Å². The van der Waals surface area contributed by atoms with Crippen LogP contribution in [0.25, 0.3) is 0 Å². The number of hydrogen-bond acceptors (Lipinski definition) is 4. The number of halogens is 2. The Morgan fingerprint density at radius 2 is 1.96 bits per heavy atom. The molecule has 1 unspecified atom stereocenters. The van der Waals surface area contributed by atoms with Gasteiger partial charge in [0.25, 0.3) is 0 Å². The van der Waals surface area contributed by atoms with E-state index in [-0.39, 0.29) is 11.3 Å². The van der Waals surface area contributed by atoms with Crippen molar-refractivity contribution in [2.24, 2.45) is 0 Å². The van der Waals surface area contributed by atoms with E-state index in [1.165, 1.54) is 25.1 Å². The van der Waals surface area contributed by atoms with Gasteiger partial charge < -0.3 is 14.6 Å². The summed E-state index contributed by atoms with van der Waals surface area (Å²) in [6.07, 6.45) is -1.10. The van der Waals surface area contributed by atoms with Crippen LogP contribution in [0.2, 0.25) is 10.0 Å². The lowest BCUT2D eigenvalue weighted by Crippen LogP contribution is -2.23. The van der Waals surface area contributed by atoms with E-state index < -0.39 is 12.1 Å². The van der Waals surface area contributed by atoms with Crippen molar-refractivity contribution in [3.05, 3.63) is 52.0 Å². The second-order valence-corrected chi connectivity index (χ2v) is 5.39. The smallest absolute Gasteiger partial charge is 0.344 e. The number of rotatable bonds is 5. The van der Waals surface area contributed by atoms with Gasteiger partial charge in [-0.15, -0.1) is 0 Å². The third-order valence-electron chi connectivity index (χ3n) is 2.85. The SMILES string of the molecule is CC(Oc1cc(Oc2ccc(Cl)cc2Cl)ccc1C#N)C(=O)O. The lowest BCUT2D eigenvalue weighted by atomic mass is 10.2. The van der Waals surface area contributed by atoms with Gasteiger partial charge in [-0.3, -0.25) is 0 Å². The molecule has 0 aliphatic carbocycles. The first-order valence-corrected chi connectivity index (χ1v) is 7.23. The van der Waals surface area contributed by atoms with E-state index in [9.17, 15) is 4.79 Å². The number of carboxylic acids is 1. The van der Waals surface area contributed by atoms with Crippen LogP contribution in [-0.2, 0) is 4.79 Å². The summed E-state index contributed by atoms with van der Waals surface area (Å²) in [6.45, 7) is 1.37. The van der Waals surface area contributed by atoms with Crippen molar-refractivity contribution >= 4 is 29.2 Å². The molecule has 0 aliphatic heterocycles. The van der Waals surface area contributed by atoms with Crippen LogP contribution in [0.15, 0.2) is 36.4 Å². The van der Waals surface area contributed by atoms with Crippen LogP contribution in [-0.4, -0.2) is 17.2 Å². The highest BCUT2D eigenvalue weighted by atomic mass is 35.5. The monoisotopic (exact) mass is 351 g/mol. The molecule has 118 valence electrons. The number of nitriles is 1. The molecule has 1 atom stereocenters. The number of aliphatic carboxylic acids is 1. The molecule has 2 aromatic rings. The van der Waals surface area contributed by atoms with E-state index in [0.29, 0.717) is 21.5 Å². The molecule has 7 heteroatoms. The van der Waals surface area contributed by atoms with Crippen LogP contribution < -0.4 is 9.47 Å². The minimum atomic E-state index is -1.14. The molecule has 0 spiro atoms. The quantitative estimate of drug-likeness (QED) is 0.856. The summed E-state index contributed by atoms with van der Waals surface area (Å²) in [5.74, 6) is -0.301. The fraction of sp³-hybridized carbons (Fsp3) is 0.125. The Labute approximate surface area is 142 Å². The van der Waals surface area contributed by atoms with Crippen molar-refractivity contribution in [3.63, 3.8) is 0 Å². The zero-order valence-electron chi connectivity index (χ0n) is 11.9. The van der Waals surface area contributed by atoms with Crippen LogP contribution in [0.1, 0.15) is 12.5 Å². The zero-order valence-corrected chi connectivity index (χ0v) is 13.4. The van der Waals surface area contributed by atoms with Gasteiger partial charge in [-0.25, -0.2) is 4.79 Å². The summed E-state index contributed by atoms with van der Waals surface area (Å²) < 4.78 is 10.9. The standard InChI is InChI=1S/C16H11Cl2NO4/c1-9(16(20)21)22-15-7-12(4-2-10(15)8-19)23-14-5-3-11(17)6-13(14)18/h2-7,9H,1H3,(H,20,21). The van der Waals surface area contributed by atoms with Crippen LogP contribution in [0.3, 0.4) is 0 Å². The zero-order chi connectivity index (χ0) is 17.0. The van der Waals surface area contributed by atoms with Crippen molar-refractivity contribution in [1.29, 1.82) is 5.26 Å². The highest BCUT2D eigenvalue weighted by Gasteiger charge is 2.16. The van der Waals surface area contributed by atoms with Gasteiger partial charge in [0.15, 0.2) is 6.10 Å². The van der Waals surface area contributed by atoms with Crippen molar-refractivity contribution in [1.82, 2.24) is 0 Å². The maximum atomic E-state index is 10.9. The summed E-state index contributed by atoms with van der Waals surface area (Å²) in [5, 5.41) is 18.8. The fourth-order valence-corrected chi connectivity index (χ4v) is 2.13. The highest BCUT2D eigenvalue weighted by Crippen LogP contribution is 2.34. The van der Waals surface area contributed by atoms with E-state index in [2.05, 4.69) is 0 Å². The van der Waals surface area contributed by atoms with Gasteiger partial charge in [-0.05, 0) is 37.3 Å². The fourth-order valence-electron chi connectivity index (χ4n) is 1.68. The van der Waals surface area contributed by atoms with Crippen LogP contribution in [0, 0.1) is 11.3 Å². The molecule has 1 N–H and O–H groups in total. The minimum absolute atomic E-state index is 0.116. The Kier molecular flexibility index (Phi) is 5.32. The van der Waals surface area contributed by atoms with Crippen molar-refractivity contribution in [3.8, 4) is 23.3 Å². The maximum Gasteiger partial charge on any atom is 0.344 e. The Bertz CT molecular complexity index is 786. The molecule has 2 aromatic carbocycles. The molecule has 0 heterocycles. The average molecular weight is 352 g/mol. The number of ether oxygens (including phenoxy) is 2. The van der Waals surface area contributed by atoms with Crippen LogP contribution in [0.4, 0.5) is 0 Å². The van der Waals surface area contributed by atoms with Crippen molar-refractivity contribution < 1.29 is 19.4 Å². The second kappa shape index (κ2) is 7.23. The molecule has 0 radical (unpaired) electrons. The number of benzene rings is 2. The van der Waals surface area contributed by atoms with Gasteiger partial charge in [0.1, 0.15) is 23.3 Å². The van der Waals surface area contributed by atoms with Crippen molar-refractivity contribution in [2.75, 3.05) is 0 Å². The first-order chi connectivity index (χ1) is 10.9. The lowest BCUT2D eigenvalue weighted by Gasteiger charge is -2.14. The van der Waals surface area contributed by atoms with Gasteiger partial charge >= 0.3 is 5.97 Å². The molecule has 0 fully saturated rings. The molecule has 5 nitrogen and oxygen atoms in total. The first kappa shape index (κ1) is 16.9. The highest BCUT2D eigenvalue weighted by molar-refractivity contribution is 6.35. The number of carbonyl (C=O) groups is 1. The second-order valence-electron chi connectivity index (χ2n) is 4.54. The summed E-state index contributed by atoms with van der Waals surface area (Å²) in [7, 11) is 0. The van der Waals surface area contributed by atoms with Crippen molar-refractivity contribution in [2.45, 2.75) is 13.0 Å². The minimum Gasteiger partial charge on any atom is -0.479 e. The molecule has 0 amide bonds. The van der Waals surface area contributed by atoms with Gasteiger partial charge in [0.2, 0.25) is 0 Å². The third-order valence-corrected chi connectivity index (χ3v) is 3.38. The summed E-state index contributed by atoms with van der Waals surface area (Å²) in [4.78, 5) is 10.9. The number of carboxylic acid groups (broad SMARTS) is 1. The largest absolute Gasteiger partial charge is 0.479 e. The maximum absolute atomic E-state index is 10.9. The van der Waals surface area contributed by atoms with Crippen LogP contribution in [0.5, 0.6) is 17.2 Å². The predicted molar refractivity (Wildman–Crippen MR) is 85.4 cm³/mol. The average Bonchev–Trinajstić information content (AvgIpc) is 2.50. The Morgan fingerprint density at radius 1 is 1.22 bits per heavy atom. The van der Waals surface area contributed by atoms with Gasteiger partial charge in [-0.2, -0.15) is 5.26 Å². The van der Waals surface area contributed by atoms with Crippen LogP contribution >= 0.6 is 23.2 Å². The van der Waals surface area contributed by atoms with E-state index in [1.807, 2.05) is 6.07 Å². The summed E-state index contributed by atoms with van der Waals surface area (Å²) >= 11 is 11.9. The Hall–Kier alpha value is -2.42. The topological polar surface area (TPSA) is 79.5 Å². The normalized spacial score (nSPS) is 11.4. The van der Waals surface area contributed by atoms with E-state index in [0.717, 1.165) is 0 Å². The van der Waals surface area contributed by atoms with Gasteiger partial charge in [0, 0.05) is 11.1 Å². The molecule has 2 rings (SSSR count). The third kappa shape index (κ3) is 4.28. The summed E-state index contributed by atoms with van der Waals surface area (Å²) in [5.41, 5.74) is 0.202. The Morgan fingerprint density at radius 3 is 2.57 bits per heavy atom. The van der Waals surface area contributed by atoms with E-state index in [4.69, 9.17) is 43.0 Å². The van der Waals surface area contributed by atoms with E-state index in [1.54, 1.807) is 18.2 Å². The molecule has 0 saturated carbocycles. The van der Waals surface area contributed by atoms with Gasteiger partial charge in [0.05, 0.1) is 10.6 Å². The summed E-state index contributed by atoms with van der Waals surface area (Å²) in [6, 6.07) is 11.2. The molecular formula is C16H11Cl2NO4. The predicted octanol–water partition coefficient (Wildman–Crippen LogP) is 4.51. The van der Waals surface area contributed by atoms with Gasteiger partial charge in [-0.1, -0.05) is 23.2 Å². The molecule has 0 aliphatic rings. The number of hydrogen-bond donors (Lipinski definition) is 1. The molecular weight excluding hydrogens is 341 g/mol. The number of nitrogens with zero attached hydrogens (tertiary/aromatic N) is 1. The molecule has 0 aromatic heterocycles. The Balaban J connectivity index is 2.30.